The minimum Gasteiger partial charge on any atom is -0.353 e. The Bertz CT molecular complexity index is 356. The summed E-state index contributed by atoms with van der Waals surface area (Å²) >= 11 is 0. The smallest absolute Gasteiger partial charge is 0.158 e. The summed E-state index contributed by atoms with van der Waals surface area (Å²) in [6.45, 7) is 6.90. The monoisotopic (exact) mass is 232 g/mol. The van der Waals surface area contributed by atoms with Crippen LogP contribution < -0.4 is 0 Å². The summed E-state index contributed by atoms with van der Waals surface area (Å²) < 4.78 is 11.5. The third-order valence-corrected chi connectivity index (χ3v) is 3.40. The molecule has 3 atom stereocenters. The Morgan fingerprint density at radius 2 is 2.41 bits per heavy atom. The Labute approximate surface area is 104 Å². The number of terminal acetylenes is 1. The van der Waals surface area contributed by atoms with E-state index < -0.39 is 0 Å². The molecule has 2 nitrogen and oxygen atoms in total. The molecule has 0 radical (unpaired) electrons. The largest absolute Gasteiger partial charge is 0.353 e. The second kappa shape index (κ2) is 5.53. The first-order valence-electron chi connectivity index (χ1n) is 6.33. The van der Waals surface area contributed by atoms with Crippen molar-refractivity contribution in [2.45, 2.75) is 45.0 Å². The predicted octanol–water partition coefficient (Wildman–Crippen LogP) is 3.05. The van der Waals surface area contributed by atoms with E-state index in [1.807, 2.05) is 6.92 Å². The maximum atomic E-state index is 5.92. The highest BCUT2D eigenvalue weighted by Gasteiger charge is 2.26. The molecule has 0 spiro atoms. The van der Waals surface area contributed by atoms with Crippen molar-refractivity contribution >= 4 is 0 Å². The van der Waals surface area contributed by atoms with Gasteiger partial charge in [-0.05, 0) is 37.3 Å². The van der Waals surface area contributed by atoms with E-state index in [2.05, 4.69) is 18.6 Å². The van der Waals surface area contributed by atoms with Gasteiger partial charge in [-0.15, -0.1) is 6.42 Å². The van der Waals surface area contributed by atoms with E-state index in [9.17, 15) is 0 Å². The van der Waals surface area contributed by atoms with E-state index in [1.165, 1.54) is 6.42 Å². The van der Waals surface area contributed by atoms with Gasteiger partial charge in [0.1, 0.15) is 0 Å². The SMILES string of the molecule is C#CC(C)C1=CC(O[C@H]2CCCCO2)CC1=C. The summed E-state index contributed by atoms with van der Waals surface area (Å²) in [6, 6.07) is 0. The van der Waals surface area contributed by atoms with Crippen molar-refractivity contribution < 1.29 is 9.47 Å². The lowest BCUT2D eigenvalue weighted by Gasteiger charge is -2.25. The van der Waals surface area contributed by atoms with Crippen LogP contribution in [0.1, 0.15) is 32.6 Å². The fourth-order valence-corrected chi connectivity index (χ4v) is 2.38. The molecule has 1 aliphatic heterocycles. The van der Waals surface area contributed by atoms with Gasteiger partial charge in [-0.2, -0.15) is 0 Å². The predicted molar refractivity (Wildman–Crippen MR) is 68.3 cm³/mol. The van der Waals surface area contributed by atoms with Crippen LogP contribution in [-0.2, 0) is 9.47 Å². The molecule has 0 saturated carbocycles. The van der Waals surface area contributed by atoms with E-state index >= 15 is 0 Å². The minimum atomic E-state index is -0.0432. The lowest BCUT2D eigenvalue weighted by atomic mass is 9.98. The lowest BCUT2D eigenvalue weighted by molar-refractivity contribution is -0.177. The standard InChI is InChI=1S/C15H20O2/c1-4-11(2)14-10-13(9-12(14)3)17-15-7-5-6-8-16-15/h1,10-11,13,15H,3,5-9H2,2H3/t11?,13?,15-/m0/s1. The highest BCUT2D eigenvalue weighted by atomic mass is 16.7. The third-order valence-electron chi connectivity index (χ3n) is 3.40. The first-order chi connectivity index (χ1) is 8.20. The van der Waals surface area contributed by atoms with Gasteiger partial charge < -0.3 is 9.47 Å². The first kappa shape index (κ1) is 12.4. The van der Waals surface area contributed by atoms with E-state index in [0.717, 1.165) is 37.0 Å². The number of rotatable bonds is 3. The Kier molecular flexibility index (Phi) is 4.04. The molecule has 2 rings (SSSR count). The molecular formula is C15H20O2. The maximum absolute atomic E-state index is 5.92. The highest BCUT2D eigenvalue weighted by Crippen LogP contribution is 2.32. The van der Waals surface area contributed by atoms with Crippen molar-refractivity contribution in [3.8, 4) is 12.3 Å². The van der Waals surface area contributed by atoms with E-state index in [0.29, 0.717) is 0 Å². The zero-order chi connectivity index (χ0) is 12.3. The summed E-state index contributed by atoms with van der Waals surface area (Å²) in [5.41, 5.74) is 2.27. The van der Waals surface area contributed by atoms with E-state index in [1.54, 1.807) is 0 Å². The third kappa shape index (κ3) is 3.00. The van der Waals surface area contributed by atoms with Gasteiger partial charge in [-0.3, -0.25) is 0 Å². The average Bonchev–Trinajstić information content (AvgIpc) is 2.70. The van der Waals surface area contributed by atoms with Crippen LogP contribution in [0.3, 0.4) is 0 Å². The summed E-state index contributed by atoms with van der Waals surface area (Å²) in [4.78, 5) is 0. The average molecular weight is 232 g/mol. The number of ether oxygens (including phenoxy) is 2. The molecule has 2 heteroatoms. The van der Waals surface area contributed by atoms with Crippen molar-refractivity contribution in [1.29, 1.82) is 0 Å². The van der Waals surface area contributed by atoms with Gasteiger partial charge in [0.05, 0.1) is 6.10 Å². The second-order valence-corrected chi connectivity index (χ2v) is 4.79. The van der Waals surface area contributed by atoms with Crippen molar-refractivity contribution in [3.63, 3.8) is 0 Å². The van der Waals surface area contributed by atoms with Gasteiger partial charge in [0.15, 0.2) is 6.29 Å². The zero-order valence-corrected chi connectivity index (χ0v) is 10.4. The highest BCUT2D eigenvalue weighted by molar-refractivity contribution is 5.40. The molecule has 0 aromatic heterocycles. The Morgan fingerprint density at radius 1 is 1.59 bits per heavy atom. The fourth-order valence-electron chi connectivity index (χ4n) is 2.38. The molecule has 1 saturated heterocycles. The molecule has 1 aliphatic carbocycles. The van der Waals surface area contributed by atoms with Crippen molar-refractivity contribution in [2.75, 3.05) is 6.61 Å². The summed E-state index contributed by atoms with van der Waals surface area (Å²) in [7, 11) is 0. The molecule has 0 bridgehead atoms. The summed E-state index contributed by atoms with van der Waals surface area (Å²) in [5.74, 6) is 2.87. The number of allylic oxidation sites excluding steroid dienone is 1. The van der Waals surface area contributed by atoms with E-state index in [-0.39, 0.29) is 18.3 Å². The van der Waals surface area contributed by atoms with Gasteiger partial charge >= 0.3 is 0 Å². The first-order valence-corrected chi connectivity index (χ1v) is 6.33. The van der Waals surface area contributed by atoms with Crippen LogP contribution in [0, 0.1) is 18.3 Å². The quantitative estimate of drug-likeness (QED) is 0.696. The van der Waals surface area contributed by atoms with Crippen LogP contribution in [0.5, 0.6) is 0 Å². The van der Waals surface area contributed by atoms with Gasteiger partial charge in [0.25, 0.3) is 0 Å². The van der Waals surface area contributed by atoms with E-state index in [4.69, 9.17) is 15.9 Å². The molecule has 0 amide bonds. The normalized spacial score (nSPS) is 30.8. The second-order valence-electron chi connectivity index (χ2n) is 4.79. The van der Waals surface area contributed by atoms with Crippen molar-refractivity contribution in [1.82, 2.24) is 0 Å². The summed E-state index contributed by atoms with van der Waals surface area (Å²) in [5, 5.41) is 0. The zero-order valence-electron chi connectivity index (χ0n) is 10.4. The van der Waals surface area contributed by atoms with Gasteiger partial charge in [0.2, 0.25) is 0 Å². The molecule has 0 N–H and O–H groups in total. The lowest BCUT2D eigenvalue weighted by Crippen LogP contribution is -2.26. The summed E-state index contributed by atoms with van der Waals surface area (Å²) in [6.07, 6.45) is 11.8. The Morgan fingerprint density at radius 3 is 3.06 bits per heavy atom. The van der Waals surface area contributed by atoms with Crippen LogP contribution >= 0.6 is 0 Å². The van der Waals surface area contributed by atoms with Gasteiger partial charge in [-0.1, -0.05) is 18.6 Å². The Hall–Kier alpha value is -1.04. The maximum Gasteiger partial charge on any atom is 0.158 e. The van der Waals surface area contributed by atoms with Crippen molar-refractivity contribution in [2.24, 2.45) is 5.92 Å². The van der Waals surface area contributed by atoms with Crippen LogP contribution in [0.15, 0.2) is 23.8 Å². The molecule has 2 unspecified atom stereocenters. The molecule has 17 heavy (non-hydrogen) atoms. The van der Waals surface area contributed by atoms with Crippen molar-refractivity contribution in [3.05, 3.63) is 23.8 Å². The van der Waals surface area contributed by atoms with Crippen LogP contribution in [0.2, 0.25) is 0 Å². The molecular weight excluding hydrogens is 212 g/mol. The van der Waals surface area contributed by atoms with Crippen LogP contribution in [-0.4, -0.2) is 19.0 Å². The topological polar surface area (TPSA) is 18.5 Å². The van der Waals surface area contributed by atoms with Gasteiger partial charge in [-0.25, -0.2) is 0 Å². The van der Waals surface area contributed by atoms with Crippen LogP contribution in [0.25, 0.3) is 0 Å². The number of hydrogen-bond acceptors (Lipinski definition) is 2. The molecule has 0 aromatic rings. The minimum absolute atomic E-state index is 0.0432. The number of hydrogen-bond donors (Lipinski definition) is 0. The molecule has 1 fully saturated rings. The fraction of sp³-hybridized carbons (Fsp3) is 0.600. The molecule has 2 aliphatic rings. The van der Waals surface area contributed by atoms with Crippen LogP contribution in [0.4, 0.5) is 0 Å². The Balaban J connectivity index is 1.93. The molecule has 0 aromatic carbocycles. The van der Waals surface area contributed by atoms with Gasteiger partial charge in [0, 0.05) is 18.9 Å². The molecule has 92 valence electrons. The molecule has 1 heterocycles.